The molecule has 0 saturated carbocycles. The average molecular weight is 300 g/mol. The summed E-state index contributed by atoms with van der Waals surface area (Å²) in [6.45, 7) is 0. The molecule has 0 aromatic heterocycles. The Bertz CT molecular complexity index is 620. The lowest BCUT2D eigenvalue weighted by atomic mass is 10.1. The van der Waals surface area contributed by atoms with Gasteiger partial charge in [0, 0.05) is 15.4 Å². The minimum Gasteiger partial charge on any atom is -0.298 e. The highest BCUT2D eigenvalue weighted by molar-refractivity contribution is 7.99. The molecular formula is C14H8F4OS. The number of halogens is 4. The van der Waals surface area contributed by atoms with Crippen LogP contribution in [0, 0.1) is 5.82 Å². The van der Waals surface area contributed by atoms with E-state index in [4.69, 9.17) is 0 Å². The van der Waals surface area contributed by atoms with Crippen LogP contribution in [0.1, 0.15) is 15.9 Å². The summed E-state index contributed by atoms with van der Waals surface area (Å²) in [5, 5.41) is 0. The SMILES string of the molecule is O=Cc1ccc(Sc2ccc(F)cc2)c(C(F)(F)F)c1. The third-order valence-corrected chi connectivity index (χ3v) is 3.57. The average Bonchev–Trinajstić information content (AvgIpc) is 2.40. The molecular weight excluding hydrogens is 292 g/mol. The van der Waals surface area contributed by atoms with Gasteiger partial charge in [-0.3, -0.25) is 4.79 Å². The van der Waals surface area contributed by atoms with Crippen LogP contribution in [-0.2, 0) is 6.18 Å². The van der Waals surface area contributed by atoms with Crippen molar-refractivity contribution in [2.24, 2.45) is 0 Å². The van der Waals surface area contributed by atoms with E-state index in [1.165, 1.54) is 36.4 Å². The summed E-state index contributed by atoms with van der Waals surface area (Å²) in [5.41, 5.74) is -0.919. The molecule has 0 spiro atoms. The Labute approximate surface area is 116 Å². The Balaban J connectivity index is 2.40. The minimum atomic E-state index is -4.55. The van der Waals surface area contributed by atoms with Crippen molar-refractivity contribution in [1.29, 1.82) is 0 Å². The lowest BCUT2D eigenvalue weighted by Crippen LogP contribution is -2.07. The molecule has 0 amide bonds. The Morgan fingerprint density at radius 1 is 1.00 bits per heavy atom. The molecule has 20 heavy (non-hydrogen) atoms. The Hall–Kier alpha value is -1.82. The van der Waals surface area contributed by atoms with Crippen LogP contribution < -0.4 is 0 Å². The molecule has 0 unspecified atom stereocenters. The van der Waals surface area contributed by atoms with Gasteiger partial charge in [-0.25, -0.2) is 4.39 Å². The third-order valence-electron chi connectivity index (χ3n) is 2.49. The molecule has 0 aliphatic heterocycles. The normalized spacial score (nSPS) is 11.4. The summed E-state index contributed by atoms with van der Waals surface area (Å²) in [6, 6.07) is 8.50. The summed E-state index contributed by atoms with van der Waals surface area (Å²) >= 11 is 0.866. The van der Waals surface area contributed by atoms with Gasteiger partial charge in [0.1, 0.15) is 12.1 Å². The maximum atomic E-state index is 12.9. The first-order valence-corrected chi connectivity index (χ1v) is 6.31. The van der Waals surface area contributed by atoms with Gasteiger partial charge in [-0.05, 0) is 36.4 Å². The number of carbonyl (C=O) groups is 1. The zero-order valence-electron chi connectivity index (χ0n) is 9.95. The number of hydrogen-bond acceptors (Lipinski definition) is 2. The monoisotopic (exact) mass is 300 g/mol. The van der Waals surface area contributed by atoms with E-state index in [1.807, 2.05) is 0 Å². The van der Waals surface area contributed by atoms with E-state index < -0.39 is 17.6 Å². The molecule has 104 valence electrons. The quantitative estimate of drug-likeness (QED) is 0.598. The van der Waals surface area contributed by atoms with Gasteiger partial charge < -0.3 is 0 Å². The zero-order valence-corrected chi connectivity index (χ0v) is 10.8. The maximum Gasteiger partial charge on any atom is 0.417 e. The number of aldehydes is 1. The summed E-state index contributed by atoms with van der Waals surface area (Å²) in [6.07, 6.45) is -4.19. The van der Waals surface area contributed by atoms with Crippen LogP contribution >= 0.6 is 11.8 Å². The third kappa shape index (κ3) is 3.39. The van der Waals surface area contributed by atoms with Crippen molar-refractivity contribution in [2.45, 2.75) is 16.0 Å². The van der Waals surface area contributed by atoms with Crippen molar-refractivity contribution < 1.29 is 22.4 Å². The van der Waals surface area contributed by atoms with Crippen LogP contribution in [0.3, 0.4) is 0 Å². The molecule has 0 fully saturated rings. The van der Waals surface area contributed by atoms with Crippen LogP contribution in [0.25, 0.3) is 0 Å². The largest absolute Gasteiger partial charge is 0.417 e. The van der Waals surface area contributed by atoms with Gasteiger partial charge in [0.15, 0.2) is 0 Å². The van der Waals surface area contributed by atoms with Gasteiger partial charge in [0.25, 0.3) is 0 Å². The molecule has 6 heteroatoms. The van der Waals surface area contributed by atoms with E-state index in [0.717, 1.165) is 17.8 Å². The molecule has 0 atom stereocenters. The Kier molecular flexibility index (Phi) is 4.13. The van der Waals surface area contributed by atoms with E-state index in [2.05, 4.69) is 0 Å². The molecule has 0 N–H and O–H groups in total. The molecule has 0 aliphatic carbocycles. The van der Waals surface area contributed by atoms with Gasteiger partial charge in [-0.15, -0.1) is 0 Å². The second kappa shape index (κ2) is 5.66. The topological polar surface area (TPSA) is 17.1 Å². The first-order chi connectivity index (χ1) is 9.40. The molecule has 0 radical (unpaired) electrons. The fraction of sp³-hybridized carbons (Fsp3) is 0.0714. The highest BCUT2D eigenvalue weighted by atomic mass is 32.2. The number of alkyl halides is 3. The number of carbonyl (C=O) groups excluding carboxylic acids is 1. The maximum absolute atomic E-state index is 12.9. The highest BCUT2D eigenvalue weighted by Crippen LogP contribution is 2.39. The molecule has 1 nitrogen and oxygen atoms in total. The summed E-state index contributed by atoms with van der Waals surface area (Å²) in [7, 11) is 0. The van der Waals surface area contributed by atoms with E-state index >= 15 is 0 Å². The van der Waals surface area contributed by atoms with E-state index in [0.29, 0.717) is 11.2 Å². The van der Waals surface area contributed by atoms with Crippen LogP contribution in [0.5, 0.6) is 0 Å². The first-order valence-electron chi connectivity index (χ1n) is 5.50. The molecule has 0 bridgehead atoms. The Morgan fingerprint density at radius 3 is 2.20 bits per heavy atom. The van der Waals surface area contributed by atoms with Crippen LogP contribution in [0.15, 0.2) is 52.3 Å². The molecule has 0 saturated heterocycles. The van der Waals surface area contributed by atoms with Crippen molar-refractivity contribution >= 4 is 18.0 Å². The molecule has 0 aliphatic rings. The standard InChI is InChI=1S/C14H8F4OS/c15-10-2-4-11(5-3-10)20-13-6-1-9(8-19)7-12(13)14(16,17)18/h1-8H. The van der Waals surface area contributed by atoms with Crippen LogP contribution in [0.4, 0.5) is 17.6 Å². The van der Waals surface area contributed by atoms with E-state index in [9.17, 15) is 22.4 Å². The lowest BCUT2D eigenvalue weighted by molar-refractivity contribution is -0.139. The van der Waals surface area contributed by atoms with E-state index in [1.54, 1.807) is 0 Å². The van der Waals surface area contributed by atoms with Crippen molar-refractivity contribution in [3.05, 3.63) is 59.4 Å². The minimum absolute atomic E-state index is 0.0327. The number of rotatable bonds is 3. The van der Waals surface area contributed by atoms with Gasteiger partial charge in [-0.1, -0.05) is 17.8 Å². The highest BCUT2D eigenvalue weighted by Gasteiger charge is 2.33. The van der Waals surface area contributed by atoms with Crippen molar-refractivity contribution in [2.75, 3.05) is 0 Å². The van der Waals surface area contributed by atoms with Gasteiger partial charge in [-0.2, -0.15) is 13.2 Å². The molecule has 0 heterocycles. The summed E-state index contributed by atoms with van der Waals surface area (Å²) in [4.78, 5) is 11.0. The van der Waals surface area contributed by atoms with Gasteiger partial charge >= 0.3 is 6.18 Å². The van der Waals surface area contributed by atoms with Crippen LogP contribution in [-0.4, -0.2) is 6.29 Å². The number of benzene rings is 2. The van der Waals surface area contributed by atoms with Crippen LogP contribution in [0.2, 0.25) is 0 Å². The first kappa shape index (κ1) is 14.6. The zero-order chi connectivity index (χ0) is 14.8. The predicted molar refractivity (Wildman–Crippen MR) is 67.4 cm³/mol. The summed E-state index contributed by atoms with van der Waals surface area (Å²) < 4.78 is 51.6. The fourth-order valence-corrected chi connectivity index (χ4v) is 2.51. The molecule has 2 rings (SSSR count). The second-order valence-corrected chi connectivity index (χ2v) is 5.04. The van der Waals surface area contributed by atoms with Gasteiger partial charge in [0.2, 0.25) is 0 Å². The van der Waals surface area contributed by atoms with Crippen molar-refractivity contribution in [1.82, 2.24) is 0 Å². The van der Waals surface area contributed by atoms with E-state index in [-0.39, 0.29) is 10.5 Å². The lowest BCUT2D eigenvalue weighted by Gasteiger charge is -2.13. The Morgan fingerprint density at radius 2 is 1.65 bits per heavy atom. The van der Waals surface area contributed by atoms with Gasteiger partial charge in [0.05, 0.1) is 5.56 Å². The fourth-order valence-electron chi connectivity index (χ4n) is 1.56. The van der Waals surface area contributed by atoms with Crippen molar-refractivity contribution in [3.8, 4) is 0 Å². The van der Waals surface area contributed by atoms with Crippen molar-refractivity contribution in [3.63, 3.8) is 0 Å². The number of hydrogen-bond donors (Lipinski definition) is 0. The smallest absolute Gasteiger partial charge is 0.298 e. The second-order valence-electron chi connectivity index (χ2n) is 3.93. The predicted octanol–water partition coefficient (Wildman–Crippen LogP) is 4.81. The molecule has 2 aromatic carbocycles. The molecule has 2 aromatic rings. The summed E-state index contributed by atoms with van der Waals surface area (Å²) in [5.74, 6) is -0.457.